The molecular formula is C23H27NO5. The number of methoxy groups -OCH3 is 1. The van der Waals surface area contributed by atoms with Crippen molar-refractivity contribution in [2.75, 3.05) is 13.7 Å². The molecule has 1 aromatic carbocycles. The average Bonchev–Trinajstić information content (AvgIpc) is 2.70. The largest absolute Gasteiger partial charge is 0.465 e. The Hall–Kier alpha value is -2.89. The molecule has 1 aromatic rings. The van der Waals surface area contributed by atoms with E-state index in [0.717, 1.165) is 24.1 Å². The Bertz CT molecular complexity index is 892. The first-order chi connectivity index (χ1) is 13.8. The van der Waals surface area contributed by atoms with E-state index in [0.29, 0.717) is 35.4 Å². The van der Waals surface area contributed by atoms with Crippen molar-refractivity contribution in [1.29, 1.82) is 0 Å². The number of rotatable bonds is 5. The van der Waals surface area contributed by atoms with Crippen molar-refractivity contribution in [2.45, 2.75) is 46.0 Å². The van der Waals surface area contributed by atoms with Crippen LogP contribution < -0.4 is 5.32 Å². The normalized spacial score (nSPS) is 19.1. The highest BCUT2D eigenvalue weighted by Crippen LogP contribution is 2.42. The maximum atomic E-state index is 13.0. The smallest absolute Gasteiger partial charge is 0.337 e. The number of nitrogens with one attached hydrogen (secondary N) is 1. The van der Waals surface area contributed by atoms with Gasteiger partial charge in [0.25, 0.3) is 0 Å². The molecule has 0 fully saturated rings. The molecule has 1 atom stereocenters. The van der Waals surface area contributed by atoms with Crippen LogP contribution in [0, 0.1) is 5.92 Å². The predicted octanol–water partition coefficient (Wildman–Crippen LogP) is 3.64. The highest BCUT2D eigenvalue weighted by atomic mass is 16.5. The van der Waals surface area contributed by atoms with Gasteiger partial charge in [0.1, 0.15) is 0 Å². The Morgan fingerprint density at radius 3 is 2.45 bits per heavy atom. The molecule has 0 radical (unpaired) electrons. The summed E-state index contributed by atoms with van der Waals surface area (Å²) in [4.78, 5) is 37.6. The van der Waals surface area contributed by atoms with Crippen LogP contribution in [0.1, 0.15) is 61.9 Å². The van der Waals surface area contributed by atoms with Crippen molar-refractivity contribution in [2.24, 2.45) is 5.92 Å². The van der Waals surface area contributed by atoms with Crippen LogP contribution in [0.5, 0.6) is 0 Å². The molecule has 1 aliphatic heterocycles. The quantitative estimate of drug-likeness (QED) is 0.764. The molecule has 29 heavy (non-hydrogen) atoms. The fraction of sp³-hybridized carbons (Fsp3) is 0.435. The fourth-order valence-corrected chi connectivity index (χ4v) is 3.84. The Labute approximate surface area is 171 Å². The predicted molar refractivity (Wildman–Crippen MR) is 108 cm³/mol. The van der Waals surface area contributed by atoms with Gasteiger partial charge in [-0.15, -0.1) is 0 Å². The number of benzene rings is 1. The summed E-state index contributed by atoms with van der Waals surface area (Å²) in [6.45, 7) is 6.10. The summed E-state index contributed by atoms with van der Waals surface area (Å²) >= 11 is 0. The second-order valence-corrected chi connectivity index (χ2v) is 7.87. The van der Waals surface area contributed by atoms with Crippen LogP contribution in [-0.2, 0) is 19.1 Å². The van der Waals surface area contributed by atoms with E-state index in [-0.39, 0.29) is 11.7 Å². The van der Waals surface area contributed by atoms with Crippen LogP contribution in [-0.4, -0.2) is 31.4 Å². The van der Waals surface area contributed by atoms with Crippen molar-refractivity contribution < 1.29 is 23.9 Å². The minimum Gasteiger partial charge on any atom is -0.465 e. The first kappa shape index (κ1) is 20.8. The van der Waals surface area contributed by atoms with Crippen LogP contribution >= 0.6 is 0 Å². The first-order valence-electron chi connectivity index (χ1n) is 9.92. The molecule has 0 aromatic heterocycles. The van der Waals surface area contributed by atoms with E-state index in [9.17, 15) is 14.4 Å². The second kappa shape index (κ2) is 8.64. The van der Waals surface area contributed by atoms with Gasteiger partial charge in [0.2, 0.25) is 0 Å². The minimum atomic E-state index is -0.509. The van der Waals surface area contributed by atoms with Crippen LogP contribution in [0.3, 0.4) is 0 Å². The summed E-state index contributed by atoms with van der Waals surface area (Å²) < 4.78 is 10.3. The fourth-order valence-electron chi connectivity index (χ4n) is 3.84. The van der Waals surface area contributed by atoms with Gasteiger partial charge in [0.15, 0.2) is 5.78 Å². The van der Waals surface area contributed by atoms with E-state index >= 15 is 0 Å². The number of dihydropyridines is 1. The molecule has 154 valence electrons. The Balaban J connectivity index is 2.05. The third kappa shape index (κ3) is 4.26. The van der Waals surface area contributed by atoms with Crippen LogP contribution in [0.4, 0.5) is 0 Å². The maximum Gasteiger partial charge on any atom is 0.337 e. The summed E-state index contributed by atoms with van der Waals surface area (Å²) in [5.74, 6) is -1.11. The lowest BCUT2D eigenvalue weighted by Crippen LogP contribution is -2.34. The number of carbonyl (C=O) groups excluding carboxylic acids is 3. The molecule has 0 saturated heterocycles. The second-order valence-electron chi connectivity index (χ2n) is 7.87. The lowest BCUT2D eigenvalue weighted by Gasteiger charge is -2.34. The highest BCUT2D eigenvalue weighted by Gasteiger charge is 2.39. The molecule has 1 aliphatic carbocycles. The summed E-state index contributed by atoms with van der Waals surface area (Å²) in [5.41, 5.74) is 3.85. The summed E-state index contributed by atoms with van der Waals surface area (Å²) in [6, 6.07) is 6.86. The van der Waals surface area contributed by atoms with Gasteiger partial charge in [-0.3, -0.25) is 4.79 Å². The molecule has 0 spiro atoms. The molecule has 1 N–H and O–H groups in total. The summed E-state index contributed by atoms with van der Waals surface area (Å²) in [6.07, 6.45) is 2.02. The van der Waals surface area contributed by atoms with E-state index in [1.54, 1.807) is 24.3 Å². The number of hydrogen-bond donors (Lipinski definition) is 1. The number of esters is 2. The first-order valence-corrected chi connectivity index (χ1v) is 9.92. The van der Waals surface area contributed by atoms with Gasteiger partial charge in [-0.1, -0.05) is 26.0 Å². The summed E-state index contributed by atoms with van der Waals surface area (Å²) in [5, 5.41) is 3.27. The van der Waals surface area contributed by atoms with Crippen molar-refractivity contribution in [3.63, 3.8) is 0 Å². The van der Waals surface area contributed by atoms with Gasteiger partial charge >= 0.3 is 11.9 Å². The van der Waals surface area contributed by atoms with E-state index in [2.05, 4.69) is 5.32 Å². The van der Waals surface area contributed by atoms with Gasteiger partial charge in [-0.2, -0.15) is 0 Å². The number of ether oxygens (including phenoxy) is 2. The molecule has 1 heterocycles. The molecule has 6 heteroatoms. The van der Waals surface area contributed by atoms with E-state index in [1.165, 1.54) is 7.11 Å². The molecule has 0 bridgehead atoms. The van der Waals surface area contributed by atoms with Crippen molar-refractivity contribution in [3.8, 4) is 0 Å². The number of carbonyl (C=O) groups is 3. The number of hydrogen-bond acceptors (Lipinski definition) is 6. The monoisotopic (exact) mass is 397 g/mol. The van der Waals surface area contributed by atoms with Gasteiger partial charge in [0.05, 0.1) is 24.9 Å². The lowest BCUT2D eigenvalue weighted by molar-refractivity contribution is -0.140. The molecule has 0 saturated carbocycles. The molecule has 3 rings (SSSR count). The average molecular weight is 397 g/mol. The zero-order valence-corrected chi connectivity index (χ0v) is 17.3. The van der Waals surface area contributed by atoms with Gasteiger partial charge in [0, 0.05) is 29.3 Å². The molecule has 6 nitrogen and oxygen atoms in total. The lowest BCUT2D eigenvalue weighted by atomic mass is 9.75. The Kier molecular flexibility index (Phi) is 6.20. The zero-order chi connectivity index (χ0) is 21.1. The van der Waals surface area contributed by atoms with E-state index in [1.807, 2.05) is 20.8 Å². The standard InChI is InChI=1S/C23H27NO5/c1-13(2)12-29-23(27)19-14(3)24-17-6-5-7-18(25)21(17)20(19)15-8-10-16(11-9-15)22(26)28-4/h8-11,13,20,24H,5-7,12H2,1-4H3. The molecule has 2 aliphatic rings. The van der Waals surface area contributed by atoms with Crippen molar-refractivity contribution in [1.82, 2.24) is 5.32 Å². The maximum absolute atomic E-state index is 13.0. The third-order valence-electron chi connectivity index (χ3n) is 5.21. The third-order valence-corrected chi connectivity index (χ3v) is 5.21. The van der Waals surface area contributed by atoms with Crippen LogP contribution in [0.2, 0.25) is 0 Å². The van der Waals surface area contributed by atoms with Gasteiger partial charge < -0.3 is 14.8 Å². The molecule has 0 amide bonds. The molecular weight excluding hydrogens is 370 g/mol. The Morgan fingerprint density at radius 2 is 1.83 bits per heavy atom. The summed E-state index contributed by atoms with van der Waals surface area (Å²) in [7, 11) is 1.33. The number of Topliss-reactive ketones (excluding diaryl/α,β-unsaturated/α-hetero) is 1. The minimum absolute atomic E-state index is 0.0439. The van der Waals surface area contributed by atoms with Gasteiger partial charge in [-0.25, -0.2) is 9.59 Å². The van der Waals surface area contributed by atoms with Crippen molar-refractivity contribution in [3.05, 3.63) is 57.9 Å². The zero-order valence-electron chi connectivity index (χ0n) is 17.3. The highest BCUT2D eigenvalue weighted by molar-refractivity contribution is 6.03. The van der Waals surface area contributed by atoms with Crippen LogP contribution in [0.15, 0.2) is 46.8 Å². The SMILES string of the molecule is COC(=O)c1ccc(C2C(C(=O)OCC(C)C)=C(C)NC3=C2C(=O)CCC3)cc1. The topological polar surface area (TPSA) is 81.7 Å². The Morgan fingerprint density at radius 1 is 1.14 bits per heavy atom. The van der Waals surface area contributed by atoms with Gasteiger partial charge in [-0.05, 0) is 43.4 Å². The van der Waals surface area contributed by atoms with E-state index in [4.69, 9.17) is 9.47 Å². The van der Waals surface area contributed by atoms with E-state index < -0.39 is 17.9 Å². The van der Waals surface area contributed by atoms with Crippen LogP contribution in [0.25, 0.3) is 0 Å². The number of allylic oxidation sites excluding steroid dienone is 3. The van der Waals surface area contributed by atoms with Crippen molar-refractivity contribution >= 4 is 17.7 Å². The number of ketones is 1. The molecule has 1 unspecified atom stereocenters.